The van der Waals surface area contributed by atoms with E-state index in [1.807, 2.05) is 6.20 Å². The molecule has 1 aromatic rings. The second kappa shape index (κ2) is 7.01. The van der Waals surface area contributed by atoms with Gasteiger partial charge in [-0.25, -0.2) is 4.39 Å². The molecule has 0 N–H and O–H groups in total. The Bertz CT molecular complexity index is 644. The van der Waals surface area contributed by atoms with E-state index in [0.29, 0.717) is 21.0 Å². The number of thioether (sulfide) groups is 1. The van der Waals surface area contributed by atoms with E-state index >= 15 is 0 Å². The van der Waals surface area contributed by atoms with Gasteiger partial charge in [0.2, 0.25) is 0 Å². The number of likely N-dealkylation sites (tertiary alicyclic amines) is 1. The molecule has 0 saturated carbocycles. The summed E-state index contributed by atoms with van der Waals surface area (Å²) in [5, 5.41) is 0. The van der Waals surface area contributed by atoms with E-state index in [4.69, 9.17) is 12.2 Å². The first-order chi connectivity index (χ1) is 11.1. The Morgan fingerprint density at radius 1 is 1.35 bits per heavy atom. The standard InChI is InChI=1S/C17H19FN2OS2/c1-2-13-5-3-4-10-19(13)11-15-16(21)20(17(22)23-15)14-8-6-12(18)7-9-14/h6-9,11,13H,2-5,10H2,1H3/b15-11-/t13-/m1/s1. The number of carbonyl (C=O) groups excluding carboxylic acids is 1. The lowest BCUT2D eigenvalue weighted by Crippen LogP contribution is -2.35. The van der Waals surface area contributed by atoms with Gasteiger partial charge in [0, 0.05) is 18.8 Å². The maximum Gasteiger partial charge on any atom is 0.272 e. The Balaban J connectivity index is 1.83. The number of benzene rings is 1. The maximum atomic E-state index is 13.1. The summed E-state index contributed by atoms with van der Waals surface area (Å²) in [6.07, 6.45) is 6.63. The van der Waals surface area contributed by atoms with Crippen molar-refractivity contribution in [3.8, 4) is 0 Å². The molecule has 2 saturated heterocycles. The van der Waals surface area contributed by atoms with Crippen LogP contribution >= 0.6 is 24.0 Å². The van der Waals surface area contributed by atoms with Crippen LogP contribution in [0.3, 0.4) is 0 Å². The number of piperidine rings is 1. The number of thiocarbonyl (C=S) groups is 1. The van der Waals surface area contributed by atoms with Gasteiger partial charge >= 0.3 is 0 Å². The van der Waals surface area contributed by atoms with Crippen LogP contribution in [0.25, 0.3) is 0 Å². The van der Waals surface area contributed by atoms with E-state index in [2.05, 4.69) is 11.8 Å². The van der Waals surface area contributed by atoms with E-state index < -0.39 is 0 Å². The molecular weight excluding hydrogens is 331 g/mol. The highest BCUT2D eigenvalue weighted by Gasteiger charge is 2.34. The van der Waals surface area contributed by atoms with E-state index in [-0.39, 0.29) is 11.7 Å². The smallest absolute Gasteiger partial charge is 0.272 e. The molecule has 3 nitrogen and oxygen atoms in total. The number of rotatable bonds is 3. The van der Waals surface area contributed by atoms with Gasteiger partial charge in [0.05, 0.1) is 10.6 Å². The highest BCUT2D eigenvalue weighted by Crippen LogP contribution is 2.36. The monoisotopic (exact) mass is 350 g/mol. The van der Waals surface area contributed by atoms with E-state index in [0.717, 1.165) is 19.4 Å². The topological polar surface area (TPSA) is 23.6 Å². The first kappa shape index (κ1) is 16.5. The minimum absolute atomic E-state index is 0.118. The van der Waals surface area contributed by atoms with Crippen molar-refractivity contribution in [1.82, 2.24) is 4.90 Å². The molecule has 2 heterocycles. The van der Waals surface area contributed by atoms with Crippen molar-refractivity contribution >= 4 is 39.9 Å². The predicted molar refractivity (Wildman–Crippen MR) is 96.8 cm³/mol. The van der Waals surface area contributed by atoms with Gasteiger partial charge < -0.3 is 4.90 Å². The molecule has 0 aliphatic carbocycles. The minimum atomic E-state index is -0.325. The fraction of sp³-hybridized carbons (Fsp3) is 0.412. The van der Waals surface area contributed by atoms with Gasteiger partial charge in [-0.05, 0) is 49.9 Å². The van der Waals surface area contributed by atoms with Gasteiger partial charge in [-0.15, -0.1) is 0 Å². The number of amides is 1. The summed E-state index contributed by atoms with van der Waals surface area (Å²) in [5.41, 5.74) is 0.614. The van der Waals surface area contributed by atoms with Crippen LogP contribution in [0, 0.1) is 5.82 Å². The molecule has 1 amide bonds. The van der Waals surface area contributed by atoms with Crippen LogP contribution in [0.15, 0.2) is 35.4 Å². The van der Waals surface area contributed by atoms with Gasteiger partial charge in [-0.2, -0.15) is 0 Å². The average molecular weight is 350 g/mol. The first-order valence-corrected chi connectivity index (χ1v) is 9.12. The Hall–Kier alpha value is -1.40. The van der Waals surface area contributed by atoms with Crippen LogP contribution in [0.4, 0.5) is 10.1 Å². The fourth-order valence-electron chi connectivity index (χ4n) is 3.05. The summed E-state index contributed by atoms with van der Waals surface area (Å²) in [6.45, 7) is 3.17. The quantitative estimate of drug-likeness (QED) is 0.599. The molecule has 0 unspecified atom stereocenters. The molecular formula is C17H19FN2OS2. The minimum Gasteiger partial charge on any atom is -0.373 e. The van der Waals surface area contributed by atoms with Crippen molar-refractivity contribution in [3.05, 3.63) is 41.2 Å². The lowest BCUT2D eigenvalue weighted by Gasteiger charge is -2.34. The molecule has 1 aromatic carbocycles. The van der Waals surface area contributed by atoms with E-state index in [1.54, 1.807) is 12.1 Å². The Morgan fingerprint density at radius 2 is 2.09 bits per heavy atom. The number of halogens is 1. The molecule has 0 radical (unpaired) electrons. The van der Waals surface area contributed by atoms with Gasteiger partial charge in [0.1, 0.15) is 5.82 Å². The molecule has 0 bridgehead atoms. The van der Waals surface area contributed by atoms with E-state index in [1.165, 1.54) is 41.6 Å². The summed E-state index contributed by atoms with van der Waals surface area (Å²) >= 11 is 6.67. The molecule has 1 atom stereocenters. The highest BCUT2D eigenvalue weighted by molar-refractivity contribution is 8.27. The Kier molecular flexibility index (Phi) is 5.02. The van der Waals surface area contributed by atoms with Crippen LogP contribution in [0.5, 0.6) is 0 Å². The van der Waals surface area contributed by atoms with Crippen molar-refractivity contribution in [2.24, 2.45) is 0 Å². The number of carbonyl (C=O) groups is 1. The zero-order valence-corrected chi connectivity index (χ0v) is 14.6. The molecule has 0 spiro atoms. The molecule has 23 heavy (non-hydrogen) atoms. The summed E-state index contributed by atoms with van der Waals surface area (Å²) in [7, 11) is 0. The summed E-state index contributed by atoms with van der Waals surface area (Å²) < 4.78 is 13.6. The highest BCUT2D eigenvalue weighted by atomic mass is 32.2. The second-order valence-electron chi connectivity index (χ2n) is 5.77. The molecule has 3 rings (SSSR count). The summed E-state index contributed by atoms with van der Waals surface area (Å²) in [6, 6.07) is 6.35. The molecule has 2 fully saturated rings. The lowest BCUT2D eigenvalue weighted by atomic mass is 10.0. The van der Waals surface area contributed by atoms with Crippen molar-refractivity contribution in [2.75, 3.05) is 11.4 Å². The molecule has 2 aliphatic rings. The van der Waals surface area contributed by atoms with Crippen molar-refractivity contribution in [3.63, 3.8) is 0 Å². The first-order valence-electron chi connectivity index (χ1n) is 7.89. The van der Waals surface area contributed by atoms with Crippen molar-refractivity contribution < 1.29 is 9.18 Å². The molecule has 122 valence electrons. The van der Waals surface area contributed by atoms with Crippen LogP contribution in [-0.2, 0) is 4.79 Å². The van der Waals surface area contributed by atoms with Crippen LogP contribution in [-0.4, -0.2) is 27.7 Å². The predicted octanol–water partition coefficient (Wildman–Crippen LogP) is 4.30. The normalized spacial score (nSPS) is 23.9. The zero-order valence-electron chi connectivity index (χ0n) is 13.0. The van der Waals surface area contributed by atoms with Gasteiger partial charge in [-0.1, -0.05) is 30.9 Å². The number of hydrogen-bond acceptors (Lipinski definition) is 4. The largest absolute Gasteiger partial charge is 0.373 e. The Labute approximate surface area is 145 Å². The third kappa shape index (κ3) is 3.43. The molecule has 0 aromatic heterocycles. The van der Waals surface area contributed by atoms with Crippen LogP contribution in [0.1, 0.15) is 32.6 Å². The lowest BCUT2D eigenvalue weighted by molar-refractivity contribution is -0.113. The zero-order chi connectivity index (χ0) is 16.4. The molecule has 6 heteroatoms. The Morgan fingerprint density at radius 3 is 2.78 bits per heavy atom. The second-order valence-corrected chi connectivity index (χ2v) is 7.45. The summed E-state index contributed by atoms with van der Waals surface area (Å²) in [5.74, 6) is -0.444. The third-order valence-electron chi connectivity index (χ3n) is 4.31. The van der Waals surface area contributed by atoms with E-state index in [9.17, 15) is 9.18 Å². The van der Waals surface area contributed by atoms with Gasteiger partial charge in [0.25, 0.3) is 5.91 Å². The van der Waals surface area contributed by atoms with Gasteiger partial charge in [-0.3, -0.25) is 9.69 Å². The van der Waals surface area contributed by atoms with Crippen molar-refractivity contribution in [2.45, 2.75) is 38.6 Å². The number of hydrogen-bond donors (Lipinski definition) is 0. The van der Waals surface area contributed by atoms with Crippen LogP contribution < -0.4 is 4.90 Å². The van der Waals surface area contributed by atoms with Crippen LogP contribution in [0.2, 0.25) is 0 Å². The van der Waals surface area contributed by atoms with Gasteiger partial charge in [0.15, 0.2) is 4.32 Å². The average Bonchev–Trinajstić information content (AvgIpc) is 2.83. The number of anilines is 1. The SMILES string of the molecule is CC[C@@H]1CCCCN1/C=C1\SC(=S)N(c2ccc(F)cc2)C1=O. The van der Waals surface area contributed by atoms with Crippen molar-refractivity contribution in [1.29, 1.82) is 0 Å². The molecule has 2 aliphatic heterocycles. The third-order valence-corrected chi connectivity index (χ3v) is 5.60. The fourth-order valence-corrected chi connectivity index (χ4v) is 4.34. The number of nitrogens with zero attached hydrogens (tertiary/aromatic N) is 2. The maximum absolute atomic E-state index is 13.1. The summed E-state index contributed by atoms with van der Waals surface area (Å²) in [4.78, 5) is 17.1.